The molecule has 0 aromatic carbocycles. The minimum absolute atomic E-state index is 0. The summed E-state index contributed by atoms with van der Waals surface area (Å²) >= 11 is 0. The lowest BCUT2D eigenvalue weighted by atomic mass is 9.99. The molecule has 0 aliphatic carbocycles. The molecule has 1 atom stereocenters. The van der Waals surface area contributed by atoms with Crippen molar-refractivity contribution in [3.05, 3.63) is 23.4 Å². The van der Waals surface area contributed by atoms with E-state index in [9.17, 15) is 4.79 Å². The Hall–Kier alpha value is -1.43. The molecule has 0 unspecified atom stereocenters. The first-order valence-electron chi connectivity index (χ1n) is 7.76. The molecular weight excluding hydrogens is 312 g/mol. The van der Waals surface area contributed by atoms with E-state index in [4.69, 9.17) is 9.47 Å². The maximum Gasteiger partial charge on any atom is 0.410 e. The maximum atomic E-state index is 12.1. The Labute approximate surface area is 145 Å². The van der Waals surface area contributed by atoms with Crippen molar-refractivity contribution in [3.8, 4) is 5.88 Å². The van der Waals surface area contributed by atoms with E-state index in [1.807, 2.05) is 33.8 Å². The Morgan fingerprint density at radius 1 is 1.39 bits per heavy atom. The normalized spacial score (nSPS) is 17.6. The molecule has 1 aromatic heterocycles. The number of ether oxygens (including phenoxy) is 2. The second-order valence-electron chi connectivity index (χ2n) is 6.94. The van der Waals surface area contributed by atoms with E-state index in [1.54, 1.807) is 12.0 Å². The SMILES string of the molecule is COc1cc(C[C@H]2CCN(C(=O)OC(C)(C)C)C2)cc(C)n1.S. The van der Waals surface area contributed by atoms with Crippen LogP contribution in [0.15, 0.2) is 12.1 Å². The fourth-order valence-corrected chi connectivity index (χ4v) is 2.75. The molecule has 2 rings (SSSR count). The van der Waals surface area contributed by atoms with Crippen molar-refractivity contribution in [1.29, 1.82) is 0 Å². The van der Waals surface area contributed by atoms with Gasteiger partial charge >= 0.3 is 6.09 Å². The number of aromatic nitrogens is 1. The van der Waals surface area contributed by atoms with Crippen LogP contribution in [0, 0.1) is 12.8 Å². The summed E-state index contributed by atoms with van der Waals surface area (Å²) in [5.74, 6) is 1.11. The van der Waals surface area contributed by atoms with Crippen LogP contribution in [0.2, 0.25) is 0 Å². The number of hydrogen-bond acceptors (Lipinski definition) is 4. The van der Waals surface area contributed by atoms with Gasteiger partial charge in [0.05, 0.1) is 7.11 Å². The van der Waals surface area contributed by atoms with Crippen LogP contribution in [0.4, 0.5) is 4.79 Å². The number of pyridine rings is 1. The Morgan fingerprint density at radius 3 is 2.70 bits per heavy atom. The molecule has 0 bridgehead atoms. The second kappa shape index (κ2) is 7.90. The first-order chi connectivity index (χ1) is 10.3. The van der Waals surface area contributed by atoms with Gasteiger partial charge in [0.1, 0.15) is 5.60 Å². The van der Waals surface area contributed by atoms with Gasteiger partial charge in [-0.3, -0.25) is 0 Å². The Bertz CT molecular complexity index is 543. The highest BCUT2D eigenvalue weighted by Gasteiger charge is 2.29. The lowest BCUT2D eigenvalue weighted by Crippen LogP contribution is -2.35. The average molecular weight is 340 g/mol. The van der Waals surface area contributed by atoms with Gasteiger partial charge < -0.3 is 14.4 Å². The number of methoxy groups -OCH3 is 1. The zero-order chi connectivity index (χ0) is 16.3. The molecule has 1 amide bonds. The van der Waals surface area contributed by atoms with E-state index < -0.39 is 5.60 Å². The largest absolute Gasteiger partial charge is 0.481 e. The zero-order valence-corrected chi connectivity index (χ0v) is 15.7. The highest BCUT2D eigenvalue weighted by atomic mass is 32.1. The third-order valence-corrected chi connectivity index (χ3v) is 3.66. The van der Waals surface area contributed by atoms with Crippen molar-refractivity contribution >= 4 is 19.6 Å². The molecule has 6 heteroatoms. The third kappa shape index (κ3) is 5.94. The summed E-state index contributed by atoms with van der Waals surface area (Å²) in [4.78, 5) is 18.2. The van der Waals surface area contributed by atoms with E-state index in [1.165, 1.54) is 5.56 Å². The Balaban J connectivity index is 0.00000264. The molecule has 1 aromatic rings. The predicted octanol–water partition coefficient (Wildman–Crippen LogP) is 3.31. The number of likely N-dealkylation sites (tertiary alicyclic amines) is 1. The summed E-state index contributed by atoms with van der Waals surface area (Å²) in [5.41, 5.74) is 1.72. The Kier molecular flexibility index (Phi) is 6.74. The molecule has 1 fully saturated rings. The highest BCUT2D eigenvalue weighted by molar-refractivity contribution is 7.59. The van der Waals surface area contributed by atoms with Crippen LogP contribution in [-0.4, -0.2) is 41.8 Å². The van der Waals surface area contributed by atoms with E-state index in [0.717, 1.165) is 31.6 Å². The first-order valence-corrected chi connectivity index (χ1v) is 7.76. The number of carbonyl (C=O) groups is 1. The van der Waals surface area contributed by atoms with Crippen molar-refractivity contribution in [3.63, 3.8) is 0 Å². The lowest BCUT2D eigenvalue weighted by molar-refractivity contribution is 0.0288. The van der Waals surface area contributed by atoms with Crippen molar-refractivity contribution in [1.82, 2.24) is 9.88 Å². The molecule has 23 heavy (non-hydrogen) atoms. The summed E-state index contributed by atoms with van der Waals surface area (Å²) in [5, 5.41) is 0. The van der Waals surface area contributed by atoms with E-state index >= 15 is 0 Å². The third-order valence-electron chi connectivity index (χ3n) is 3.66. The summed E-state index contributed by atoms with van der Waals surface area (Å²) < 4.78 is 10.7. The van der Waals surface area contributed by atoms with Gasteiger partial charge in [0, 0.05) is 24.8 Å². The summed E-state index contributed by atoms with van der Waals surface area (Å²) in [6.07, 6.45) is 1.72. The number of aryl methyl sites for hydroxylation is 1. The van der Waals surface area contributed by atoms with Crippen LogP contribution >= 0.6 is 13.5 Å². The molecule has 1 aliphatic heterocycles. The van der Waals surface area contributed by atoms with Gasteiger partial charge in [-0.1, -0.05) is 0 Å². The van der Waals surface area contributed by atoms with Gasteiger partial charge in [0.2, 0.25) is 5.88 Å². The van der Waals surface area contributed by atoms with Gasteiger partial charge in [-0.25, -0.2) is 9.78 Å². The number of carbonyl (C=O) groups excluding carboxylic acids is 1. The first kappa shape index (κ1) is 19.6. The summed E-state index contributed by atoms with van der Waals surface area (Å²) in [7, 11) is 1.63. The highest BCUT2D eigenvalue weighted by Crippen LogP contribution is 2.24. The van der Waals surface area contributed by atoms with Gasteiger partial charge in [0.15, 0.2) is 0 Å². The Morgan fingerprint density at radius 2 is 2.09 bits per heavy atom. The zero-order valence-electron chi connectivity index (χ0n) is 14.7. The van der Waals surface area contributed by atoms with Crippen LogP contribution < -0.4 is 4.74 Å². The topological polar surface area (TPSA) is 51.7 Å². The van der Waals surface area contributed by atoms with Crippen molar-refractivity contribution in [2.45, 2.75) is 46.1 Å². The van der Waals surface area contributed by atoms with Crippen molar-refractivity contribution in [2.24, 2.45) is 5.92 Å². The maximum absolute atomic E-state index is 12.1. The molecular formula is C17H28N2O3S. The standard InChI is InChI=1S/C17H26N2O3.H2S/c1-12-8-14(10-15(18-12)21-5)9-13-6-7-19(11-13)16(20)22-17(2,3)4;/h8,10,13H,6-7,9,11H2,1-5H3;1H2/t13-;/m1./s1. The number of amides is 1. The van der Waals surface area contributed by atoms with Crippen molar-refractivity contribution in [2.75, 3.05) is 20.2 Å². The molecule has 0 saturated carbocycles. The fourth-order valence-electron chi connectivity index (χ4n) is 2.75. The molecule has 1 aliphatic rings. The van der Waals surface area contributed by atoms with Crippen LogP contribution in [0.1, 0.15) is 38.4 Å². The van der Waals surface area contributed by atoms with E-state index in [2.05, 4.69) is 11.1 Å². The van der Waals surface area contributed by atoms with E-state index in [0.29, 0.717) is 11.8 Å². The second-order valence-corrected chi connectivity index (χ2v) is 6.94. The van der Waals surface area contributed by atoms with Gasteiger partial charge in [-0.2, -0.15) is 13.5 Å². The molecule has 0 N–H and O–H groups in total. The van der Waals surface area contributed by atoms with Crippen molar-refractivity contribution < 1.29 is 14.3 Å². The number of nitrogens with zero attached hydrogens (tertiary/aromatic N) is 2. The van der Waals surface area contributed by atoms with Crippen LogP contribution in [0.5, 0.6) is 5.88 Å². The molecule has 2 heterocycles. The molecule has 0 radical (unpaired) electrons. The summed E-state index contributed by atoms with van der Waals surface area (Å²) in [6, 6.07) is 4.06. The molecule has 1 saturated heterocycles. The average Bonchev–Trinajstić information content (AvgIpc) is 2.84. The number of rotatable bonds is 3. The fraction of sp³-hybridized carbons (Fsp3) is 0.647. The van der Waals surface area contributed by atoms with E-state index in [-0.39, 0.29) is 19.6 Å². The van der Waals surface area contributed by atoms with Crippen LogP contribution in [0.25, 0.3) is 0 Å². The van der Waals surface area contributed by atoms with Gasteiger partial charge in [0.25, 0.3) is 0 Å². The monoisotopic (exact) mass is 340 g/mol. The van der Waals surface area contributed by atoms with Gasteiger partial charge in [-0.05, 0) is 58.1 Å². The molecule has 5 nitrogen and oxygen atoms in total. The molecule has 0 spiro atoms. The predicted molar refractivity (Wildman–Crippen MR) is 95.5 cm³/mol. The quantitative estimate of drug-likeness (QED) is 0.847. The lowest BCUT2D eigenvalue weighted by Gasteiger charge is -2.24. The summed E-state index contributed by atoms with van der Waals surface area (Å²) in [6.45, 7) is 9.16. The minimum Gasteiger partial charge on any atom is -0.481 e. The smallest absolute Gasteiger partial charge is 0.410 e. The number of hydrogen-bond donors (Lipinski definition) is 0. The van der Waals surface area contributed by atoms with Gasteiger partial charge in [-0.15, -0.1) is 0 Å². The van der Waals surface area contributed by atoms with Crippen LogP contribution in [-0.2, 0) is 11.2 Å². The minimum atomic E-state index is -0.440. The molecule has 130 valence electrons. The van der Waals surface area contributed by atoms with Crippen LogP contribution in [0.3, 0.4) is 0 Å².